The Morgan fingerprint density at radius 3 is 2.63 bits per heavy atom. The quantitative estimate of drug-likeness (QED) is 0.719. The number of rotatable bonds is 5. The van der Waals surface area contributed by atoms with Crippen molar-refractivity contribution in [2.75, 3.05) is 13.2 Å². The molecule has 136 valence electrons. The largest absolute Gasteiger partial charge is 0.479 e. The number of hydrogen-bond acceptors (Lipinski definition) is 5. The SMILES string of the molecule is CCN1C(=O)/C(=C\c2ccc(OCC#N)cc2)SC1=Nc1ccccc1C. The number of likely N-dealkylation sites (N-methyl/N-ethyl adjacent to an activating group) is 1. The first-order valence-corrected chi connectivity index (χ1v) is 9.39. The summed E-state index contributed by atoms with van der Waals surface area (Å²) in [5.41, 5.74) is 2.83. The minimum absolute atomic E-state index is 0.0129. The van der Waals surface area contributed by atoms with E-state index in [-0.39, 0.29) is 12.5 Å². The van der Waals surface area contributed by atoms with E-state index in [9.17, 15) is 4.79 Å². The summed E-state index contributed by atoms with van der Waals surface area (Å²) in [7, 11) is 0. The van der Waals surface area contributed by atoms with Gasteiger partial charge in [-0.25, -0.2) is 4.99 Å². The maximum atomic E-state index is 12.7. The first kappa shape index (κ1) is 18.7. The molecule has 1 saturated heterocycles. The fraction of sp³-hybridized carbons (Fsp3) is 0.190. The molecule has 0 N–H and O–H groups in total. The lowest BCUT2D eigenvalue weighted by Crippen LogP contribution is -2.28. The van der Waals surface area contributed by atoms with Crippen LogP contribution in [0, 0.1) is 18.3 Å². The molecule has 0 radical (unpaired) electrons. The third-order valence-corrected chi connectivity index (χ3v) is 5.02. The Labute approximate surface area is 163 Å². The molecule has 0 atom stereocenters. The number of para-hydroxylation sites is 1. The molecule has 27 heavy (non-hydrogen) atoms. The average Bonchev–Trinajstić information content (AvgIpc) is 2.97. The van der Waals surface area contributed by atoms with Gasteiger partial charge in [0.15, 0.2) is 11.8 Å². The standard InChI is InChI=1S/C21H19N3O2S/c1-3-24-20(25)19(14-16-8-10-17(11-9-16)26-13-12-22)27-21(24)23-18-7-5-4-6-15(18)2/h4-11,14H,3,13H2,1-2H3/b19-14+,23-21?. The molecule has 2 aromatic carbocycles. The molecule has 1 fully saturated rings. The van der Waals surface area contributed by atoms with Gasteiger partial charge in [-0.2, -0.15) is 5.26 Å². The zero-order valence-electron chi connectivity index (χ0n) is 15.2. The summed E-state index contributed by atoms with van der Waals surface area (Å²) >= 11 is 1.38. The topological polar surface area (TPSA) is 65.7 Å². The number of hydrogen-bond donors (Lipinski definition) is 0. The van der Waals surface area contributed by atoms with E-state index < -0.39 is 0 Å². The number of carbonyl (C=O) groups is 1. The highest BCUT2D eigenvalue weighted by molar-refractivity contribution is 8.18. The summed E-state index contributed by atoms with van der Waals surface area (Å²) < 4.78 is 5.25. The third kappa shape index (κ3) is 4.39. The highest BCUT2D eigenvalue weighted by Gasteiger charge is 2.32. The van der Waals surface area contributed by atoms with Gasteiger partial charge in [0.1, 0.15) is 11.8 Å². The van der Waals surface area contributed by atoms with Crippen LogP contribution < -0.4 is 4.74 Å². The van der Waals surface area contributed by atoms with Crippen LogP contribution in [0.25, 0.3) is 6.08 Å². The summed E-state index contributed by atoms with van der Waals surface area (Å²) in [6.45, 7) is 4.52. The molecule has 0 saturated carbocycles. The van der Waals surface area contributed by atoms with Crippen LogP contribution in [-0.4, -0.2) is 29.1 Å². The van der Waals surface area contributed by atoms with E-state index in [2.05, 4.69) is 0 Å². The van der Waals surface area contributed by atoms with Gasteiger partial charge in [0.25, 0.3) is 5.91 Å². The summed E-state index contributed by atoms with van der Waals surface area (Å²) in [5.74, 6) is 0.584. The van der Waals surface area contributed by atoms with E-state index >= 15 is 0 Å². The molecular weight excluding hydrogens is 358 g/mol. The van der Waals surface area contributed by atoms with Crippen molar-refractivity contribution >= 4 is 34.6 Å². The second-order valence-corrected chi connectivity index (χ2v) is 6.87. The molecule has 2 aromatic rings. The average molecular weight is 377 g/mol. The molecule has 1 aliphatic rings. The van der Waals surface area contributed by atoms with Gasteiger partial charge in [0.2, 0.25) is 0 Å². The van der Waals surface area contributed by atoms with Crippen molar-refractivity contribution in [3.8, 4) is 11.8 Å². The van der Waals surface area contributed by atoms with Gasteiger partial charge in [-0.05, 0) is 61.0 Å². The van der Waals surface area contributed by atoms with Crippen LogP contribution in [0.4, 0.5) is 5.69 Å². The second-order valence-electron chi connectivity index (χ2n) is 5.86. The fourth-order valence-corrected chi connectivity index (χ4v) is 3.64. The maximum Gasteiger partial charge on any atom is 0.266 e. The summed E-state index contributed by atoms with van der Waals surface area (Å²) in [4.78, 5) is 19.7. The fourth-order valence-electron chi connectivity index (χ4n) is 2.59. The Bertz CT molecular complexity index is 943. The van der Waals surface area contributed by atoms with Gasteiger partial charge >= 0.3 is 0 Å². The van der Waals surface area contributed by atoms with Crippen LogP contribution >= 0.6 is 11.8 Å². The van der Waals surface area contributed by atoms with Crippen molar-refractivity contribution in [1.29, 1.82) is 5.26 Å². The van der Waals surface area contributed by atoms with Crippen LogP contribution in [0.1, 0.15) is 18.1 Å². The number of nitriles is 1. The Balaban J connectivity index is 1.85. The first-order chi connectivity index (χ1) is 13.1. The molecule has 5 nitrogen and oxygen atoms in total. The van der Waals surface area contributed by atoms with Crippen LogP contribution in [0.3, 0.4) is 0 Å². The number of amides is 1. The van der Waals surface area contributed by atoms with Crippen LogP contribution in [0.2, 0.25) is 0 Å². The lowest BCUT2D eigenvalue weighted by molar-refractivity contribution is -0.122. The van der Waals surface area contributed by atoms with Gasteiger partial charge in [-0.3, -0.25) is 9.69 Å². The molecule has 0 unspecified atom stereocenters. The van der Waals surface area contributed by atoms with Crippen molar-refractivity contribution < 1.29 is 9.53 Å². The third-order valence-electron chi connectivity index (χ3n) is 4.02. The Morgan fingerprint density at radius 1 is 1.22 bits per heavy atom. The van der Waals surface area contributed by atoms with Crippen molar-refractivity contribution in [3.05, 3.63) is 64.6 Å². The van der Waals surface area contributed by atoms with Crippen LogP contribution in [0.5, 0.6) is 5.75 Å². The Morgan fingerprint density at radius 2 is 1.96 bits per heavy atom. The molecule has 0 spiro atoms. The molecule has 1 aliphatic heterocycles. The predicted molar refractivity (Wildman–Crippen MR) is 109 cm³/mol. The Kier molecular flexibility index (Phi) is 5.94. The van der Waals surface area contributed by atoms with Crippen molar-refractivity contribution in [2.45, 2.75) is 13.8 Å². The van der Waals surface area contributed by atoms with E-state index in [4.69, 9.17) is 15.0 Å². The van der Waals surface area contributed by atoms with Crippen molar-refractivity contribution in [1.82, 2.24) is 4.90 Å². The number of aryl methyl sites for hydroxylation is 1. The molecule has 1 heterocycles. The van der Waals surface area contributed by atoms with Crippen molar-refractivity contribution in [3.63, 3.8) is 0 Å². The number of nitrogens with zero attached hydrogens (tertiary/aromatic N) is 3. The number of aliphatic imine (C=N–C) groups is 1. The number of amidine groups is 1. The van der Waals surface area contributed by atoms with Gasteiger partial charge in [-0.1, -0.05) is 30.3 Å². The molecule has 1 amide bonds. The van der Waals surface area contributed by atoms with E-state index in [1.54, 1.807) is 17.0 Å². The minimum atomic E-state index is -0.0420. The molecule has 0 aromatic heterocycles. The zero-order valence-corrected chi connectivity index (χ0v) is 16.0. The molecule has 0 aliphatic carbocycles. The highest BCUT2D eigenvalue weighted by atomic mass is 32.2. The van der Waals surface area contributed by atoms with E-state index in [1.807, 2.05) is 62.4 Å². The van der Waals surface area contributed by atoms with E-state index in [0.717, 1.165) is 16.8 Å². The predicted octanol–water partition coefficient (Wildman–Crippen LogP) is 4.52. The normalized spacial score (nSPS) is 16.8. The summed E-state index contributed by atoms with van der Waals surface area (Å²) in [6, 6.07) is 17.1. The maximum absolute atomic E-state index is 12.7. The number of carbonyl (C=O) groups excluding carboxylic acids is 1. The van der Waals surface area contributed by atoms with Gasteiger partial charge in [-0.15, -0.1) is 0 Å². The smallest absolute Gasteiger partial charge is 0.266 e. The lowest BCUT2D eigenvalue weighted by atomic mass is 10.2. The molecule has 3 rings (SSSR count). The van der Waals surface area contributed by atoms with Crippen molar-refractivity contribution in [2.24, 2.45) is 4.99 Å². The number of thioether (sulfide) groups is 1. The number of ether oxygens (including phenoxy) is 1. The van der Waals surface area contributed by atoms with Crippen LogP contribution in [0.15, 0.2) is 58.4 Å². The zero-order chi connectivity index (χ0) is 19.2. The summed E-state index contributed by atoms with van der Waals surface area (Å²) in [6.07, 6.45) is 1.85. The van der Waals surface area contributed by atoms with Gasteiger partial charge in [0, 0.05) is 6.54 Å². The molecular formula is C21H19N3O2S. The van der Waals surface area contributed by atoms with Crippen LogP contribution in [-0.2, 0) is 4.79 Å². The molecule has 6 heteroatoms. The number of benzene rings is 2. The van der Waals surface area contributed by atoms with Gasteiger partial charge < -0.3 is 4.74 Å². The first-order valence-electron chi connectivity index (χ1n) is 8.58. The second kappa shape index (κ2) is 8.56. The molecule has 0 bridgehead atoms. The monoisotopic (exact) mass is 377 g/mol. The van der Waals surface area contributed by atoms with E-state index in [0.29, 0.717) is 22.4 Å². The minimum Gasteiger partial charge on any atom is -0.479 e. The Hall–Kier alpha value is -3.04. The lowest BCUT2D eigenvalue weighted by Gasteiger charge is -2.12. The van der Waals surface area contributed by atoms with Gasteiger partial charge in [0.05, 0.1) is 10.6 Å². The summed E-state index contributed by atoms with van der Waals surface area (Å²) in [5, 5.41) is 9.25. The highest BCUT2D eigenvalue weighted by Crippen LogP contribution is 2.34. The van der Waals surface area contributed by atoms with E-state index in [1.165, 1.54) is 11.8 Å².